The summed E-state index contributed by atoms with van der Waals surface area (Å²) in [6.07, 6.45) is 0. The molecule has 0 aliphatic rings. The predicted octanol–water partition coefficient (Wildman–Crippen LogP) is 1.47. The number of ether oxygens (including phenoxy) is 1. The highest BCUT2D eigenvalue weighted by Crippen LogP contribution is 2.25. The molecule has 0 saturated carbocycles. The van der Waals surface area contributed by atoms with Gasteiger partial charge in [0.25, 0.3) is 0 Å². The first-order chi connectivity index (χ1) is 12.1. The maximum absolute atomic E-state index is 13.8. The summed E-state index contributed by atoms with van der Waals surface area (Å²) in [6, 6.07) is 6.31. The minimum atomic E-state index is -4.23. The summed E-state index contributed by atoms with van der Waals surface area (Å²) in [5.41, 5.74) is 2.51. The number of carboxylic acids is 1. The van der Waals surface area contributed by atoms with Crippen LogP contribution in [-0.4, -0.2) is 27.5 Å². The maximum Gasteiger partial charge on any atom is 0.243 e. The number of nitrogens with one attached hydrogen (secondary N) is 1. The number of halogens is 1. The first-order valence-corrected chi connectivity index (χ1v) is 9.32. The van der Waals surface area contributed by atoms with Crippen LogP contribution in [0.1, 0.15) is 27.0 Å². The fourth-order valence-electron chi connectivity index (χ4n) is 2.39. The van der Waals surface area contributed by atoms with Crippen molar-refractivity contribution in [2.45, 2.75) is 25.7 Å². The summed E-state index contributed by atoms with van der Waals surface area (Å²) < 4.78 is 46.1. The maximum atomic E-state index is 13.8. The lowest BCUT2D eigenvalue weighted by atomic mass is 10.1. The van der Waals surface area contributed by atoms with Crippen LogP contribution in [0.15, 0.2) is 35.2 Å². The van der Waals surface area contributed by atoms with E-state index in [-0.39, 0.29) is 13.2 Å². The summed E-state index contributed by atoms with van der Waals surface area (Å²) in [4.78, 5) is 10.1. The van der Waals surface area contributed by atoms with Gasteiger partial charge in [-0.2, -0.15) is 0 Å². The Morgan fingerprint density at radius 3 is 2.46 bits per heavy atom. The first-order valence-electron chi connectivity index (χ1n) is 7.83. The minimum absolute atomic E-state index is 0.0339. The van der Waals surface area contributed by atoms with E-state index in [4.69, 9.17) is 4.74 Å². The lowest BCUT2D eigenvalue weighted by Gasteiger charge is -2.14. The summed E-state index contributed by atoms with van der Waals surface area (Å²) in [5, 5.41) is 10.8. The number of hydrogen-bond acceptors (Lipinski definition) is 5. The third kappa shape index (κ3) is 4.39. The summed E-state index contributed by atoms with van der Waals surface area (Å²) in [5.74, 6) is -1.96. The summed E-state index contributed by atoms with van der Waals surface area (Å²) >= 11 is 0. The molecule has 26 heavy (non-hydrogen) atoms. The van der Waals surface area contributed by atoms with Crippen molar-refractivity contribution in [2.75, 3.05) is 13.2 Å². The highest BCUT2D eigenvalue weighted by atomic mass is 32.2. The minimum Gasteiger partial charge on any atom is -0.545 e. The van der Waals surface area contributed by atoms with Crippen molar-refractivity contribution < 1.29 is 27.4 Å². The molecule has 0 aliphatic heterocycles. The van der Waals surface area contributed by atoms with Crippen molar-refractivity contribution in [3.8, 4) is 5.75 Å². The van der Waals surface area contributed by atoms with Crippen LogP contribution in [0.25, 0.3) is 0 Å². The zero-order valence-corrected chi connectivity index (χ0v) is 15.4. The number of hydrogen-bond donors (Lipinski definition) is 1. The van der Waals surface area contributed by atoms with Crippen molar-refractivity contribution in [2.24, 2.45) is 0 Å². The molecule has 0 radical (unpaired) electrons. The van der Waals surface area contributed by atoms with Crippen LogP contribution in [0.2, 0.25) is 0 Å². The number of carboxylic acid groups (broad SMARTS) is 1. The van der Waals surface area contributed by atoms with Gasteiger partial charge in [0, 0.05) is 6.54 Å². The zero-order valence-electron chi connectivity index (χ0n) is 14.6. The molecule has 0 amide bonds. The summed E-state index contributed by atoms with van der Waals surface area (Å²) in [6.45, 7) is 5.66. The molecular weight excluding hydrogens is 361 g/mol. The van der Waals surface area contributed by atoms with Gasteiger partial charge in [-0.15, -0.1) is 0 Å². The van der Waals surface area contributed by atoms with Crippen molar-refractivity contribution in [1.29, 1.82) is 0 Å². The molecule has 6 nitrogen and oxygen atoms in total. The molecule has 0 bridgehead atoms. The predicted molar refractivity (Wildman–Crippen MR) is 92.1 cm³/mol. The Morgan fingerprint density at radius 2 is 1.81 bits per heavy atom. The Morgan fingerprint density at radius 1 is 1.15 bits per heavy atom. The number of benzene rings is 2. The third-order valence-corrected chi connectivity index (χ3v) is 5.45. The Bertz CT molecular complexity index is 941. The molecule has 0 fully saturated rings. The molecule has 140 valence electrons. The van der Waals surface area contributed by atoms with E-state index in [0.29, 0.717) is 5.75 Å². The molecule has 0 heterocycles. The van der Waals surface area contributed by atoms with E-state index in [1.54, 1.807) is 0 Å². The number of aromatic carboxylic acids is 1. The van der Waals surface area contributed by atoms with Crippen LogP contribution in [0.3, 0.4) is 0 Å². The molecule has 2 rings (SSSR count). The second-order valence-electron chi connectivity index (χ2n) is 5.83. The zero-order chi connectivity index (χ0) is 19.5. The van der Waals surface area contributed by atoms with Crippen molar-refractivity contribution in [1.82, 2.24) is 4.72 Å². The quantitative estimate of drug-likeness (QED) is 0.734. The van der Waals surface area contributed by atoms with Gasteiger partial charge in [-0.1, -0.05) is 18.2 Å². The number of carbonyl (C=O) groups excluding carboxylic acids is 1. The van der Waals surface area contributed by atoms with Gasteiger partial charge in [0.15, 0.2) is 0 Å². The van der Waals surface area contributed by atoms with Gasteiger partial charge in [-0.3, -0.25) is 0 Å². The largest absolute Gasteiger partial charge is 0.545 e. The van der Waals surface area contributed by atoms with Crippen molar-refractivity contribution >= 4 is 16.0 Å². The van der Waals surface area contributed by atoms with Gasteiger partial charge in [0.1, 0.15) is 23.1 Å². The topological polar surface area (TPSA) is 95.5 Å². The van der Waals surface area contributed by atoms with E-state index in [1.165, 1.54) is 0 Å². The molecule has 0 aliphatic carbocycles. The monoisotopic (exact) mass is 380 g/mol. The molecule has 8 heteroatoms. The Balaban J connectivity index is 2.07. The second kappa shape index (κ2) is 7.84. The molecule has 0 aromatic heterocycles. The first kappa shape index (κ1) is 19.9. The van der Waals surface area contributed by atoms with Gasteiger partial charge in [0.05, 0.1) is 5.97 Å². The normalized spacial score (nSPS) is 11.4. The molecular formula is C18H19FNO5S-. The van der Waals surface area contributed by atoms with E-state index in [0.717, 1.165) is 34.9 Å². The van der Waals surface area contributed by atoms with E-state index in [9.17, 15) is 22.7 Å². The van der Waals surface area contributed by atoms with Gasteiger partial charge >= 0.3 is 0 Å². The molecule has 0 unspecified atom stereocenters. The molecule has 2 aromatic rings. The Kier molecular flexibility index (Phi) is 5.99. The number of carbonyl (C=O) groups is 1. The average molecular weight is 380 g/mol. The number of aryl methyl sites for hydroxylation is 2. The van der Waals surface area contributed by atoms with E-state index in [1.807, 2.05) is 32.9 Å². The van der Waals surface area contributed by atoms with E-state index >= 15 is 0 Å². The van der Waals surface area contributed by atoms with Crippen LogP contribution in [0.5, 0.6) is 5.75 Å². The van der Waals surface area contributed by atoms with E-state index in [2.05, 4.69) is 4.72 Å². The Hall–Kier alpha value is -2.45. The van der Waals surface area contributed by atoms with Crippen LogP contribution in [-0.2, 0) is 10.0 Å². The molecule has 1 N–H and O–H groups in total. The third-order valence-electron chi connectivity index (χ3n) is 3.97. The fourth-order valence-corrected chi connectivity index (χ4v) is 3.51. The average Bonchev–Trinajstić information content (AvgIpc) is 2.57. The van der Waals surface area contributed by atoms with Crippen LogP contribution >= 0.6 is 0 Å². The fraction of sp³-hybridized carbons (Fsp3) is 0.278. The molecule has 0 spiro atoms. The SMILES string of the molecule is Cc1ccc(C)c(OCCNS(=O)(=O)c2cc(C(=O)[O-])ccc2F)c1C. The van der Waals surface area contributed by atoms with Crippen LogP contribution in [0, 0.1) is 26.6 Å². The lowest BCUT2D eigenvalue weighted by Crippen LogP contribution is -2.30. The highest BCUT2D eigenvalue weighted by Gasteiger charge is 2.19. The highest BCUT2D eigenvalue weighted by molar-refractivity contribution is 7.89. The Labute approximate surface area is 151 Å². The van der Waals surface area contributed by atoms with Gasteiger partial charge < -0.3 is 14.6 Å². The molecule has 0 saturated heterocycles. The van der Waals surface area contributed by atoms with Crippen molar-refractivity contribution in [3.05, 3.63) is 58.4 Å². The van der Waals surface area contributed by atoms with Gasteiger partial charge in [0.2, 0.25) is 10.0 Å². The van der Waals surface area contributed by atoms with Crippen LogP contribution in [0.4, 0.5) is 4.39 Å². The van der Waals surface area contributed by atoms with Crippen LogP contribution < -0.4 is 14.6 Å². The number of sulfonamides is 1. The number of rotatable bonds is 7. The molecule has 0 atom stereocenters. The summed E-state index contributed by atoms with van der Waals surface area (Å²) in [7, 11) is -4.23. The smallest absolute Gasteiger partial charge is 0.243 e. The van der Waals surface area contributed by atoms with E-state index < -0.39 is 32.3 Å². The molecule has 2 aromatic carbocycles. The lowest BCUT2D eigenvalue weighted by molar-refractivity contribution is -0.255. The van der Waals surface area contributed by atoms with Gasteiger partial charge in [-0.05, 0) is 55.2 Å². The second-order valence-corrected chi connectivity index (χ2v) is 7.57. The van der Waals surface area contributed by atoms with Gasteiger partial charge in [-0.25, -0.2) is 17.5 Å². The van der Waals surface area contributed by atoms with Crippen molar-refractivity contribution in [3.63, 3.8) is 0 Å². The standard InChI is InChI=1S/C18H20FNO5S/c1-11-4-5-12(2)17(13(11)3)25-9-8-20-26(23,24)16-10-14(18(21)22)6-7-15(16)19/h4-7,10,20H,8-9H2,1-3H3,(H,21,22)/p-1.